The van der Waals surface area contributed by atoms with Crippen LogP contribution in [0.4, 0.5) is 5.69 Å². The number of nitrogens with one attached hydrogen (secondary N) is 1. The van der Waals surface area contributed by atoms with Gasteiger partial charge in [0.15, 0.2) is 6.61 Å². The number of benzene rings is 1. The number of hydrogen-bond acceptors (Lipinski definition) is 5. The minimum atomic E-state index is -0.684. The molecule has 1 aromatic rings. The van der Waals surface area contributed by atoms with Gasteiger partial charge in [-0.3, -0.25) is 14.9 Å². The summed E-state index contributed by atoms with van der Waals surface area (Å²) in [6, 6.07) is 3.95. The van der Waals surface area contributed by atoms with Crippen molar-refractivity contribution in [3.05, 3.63) is 39.4 Å². The number of nitro benzene ring substituents is 1. The first-order valence-corrected chi connectivity index (χ1v) is 7.06. The van der Waals surface area contributed by atoms with Crippen molar-refractivity contribution in [2.24, 2.45) is 0 Å². The molecule has 1 unspecified atom stereocenters. The number of aryl methyl sites for hydroxylation is 1. The Morgan fingerprint density at radius 2 is 2.09 bits per heavy atom. The summed E-state index contributed by atoms with van der Waals surface area (Å²) in [5, 5.41) is 13.4. The van der Waals surface area contributed by atoms with Crippen LogP contribution in [0.2, 0.25) is 0 Å². The highest BCUT2D eigenvalue weighted by Gasteiger charge is 2.16. The quantitative estimate of drug-likeness (QED) is 0.473. The molecule has 0 aliphatic rings. The molecule has 0 spiro atoms. The molecule has 7 heteroatoms. The Kier molecular flexibility index (Phi) is 6.49. The Morgan fingerprint density at radius 1 is 1.41 bits per heavy atom. The second kappa shape index (κ2) is 8.11. The van der Waals surface area contributed by atoms with Crippen molar-refractivity contribution in [2.45, 2.75) is 39.7 Å². The lowest BCUT2D eigenvalue weighted by atomic mass is 10.1. The van der Waals surface area contributed by atoms with Crippen molar-refractivity contribution in [3.63, 3.8) is 0 Å². The summed E-state index contributed by atoms with van der Waals surface area (Å²) in [7, 11) is 0. The number of esters is 1. The van der Waals surface area contributed by atoms with Crippen LogP contribution in [0.5, 0.6) is 0 Å². The van der Waals surface area contributed by atoms with Crippen LogP contribution < -0.4 is 5.32 Å². The fourth-order valence-corrected chi connectivity index (χ4v) is 2.02. The van der Waals surface area contributed by atoms with Gasteiger partial charge in [0.25, 0.3) is 11.6 Å². The molecule has 0 saturated carbocycles. The van der Waals surface area contributed by atoms with Crippen LogP contribution in [0.1, 0.15) is 42.6 Å². The summed E-state index contributed by atoms with van der Waals surface area (Å²) in [5.41, 5.74) is 0.473. The molecule has 0 saturated heterocycles. The SMILES string of the molecule is CCCC(C)NC(=O)COC(=O)c1ccc([N+](=O)[O-])c(C)c1. The fourth-order valence-electron chi connectivity index (χ4n) is 2.02. The summed E-state index contributed by atoms with van der Waals surface area (Å²) < 4.78 is 4.90. The molecule has 1 aromatic carbocycles. The normalized spacial score (nSPS) is 11.6. The molecule has 0 aliphatic carbocycles. The van der Waals surface area contributed by atoms with Gasteiger partial charge in [0.05, 0.1) is 10.5 Å². The molecule has 0 aliphatic heterocycles. The Labute approximate surface area is 128 Å². The first-order valence-electron chi connectivity index (χ1n) is 7.06. The van der Waals surface area contributed by atoms with Gasteiger partial charge in [-0.15, -0.1) is 0 Å². The van der Waals surface area contributed by atoms with Crippen molar-refractivity contribution in [2.75, 3.05) is 6.61 Å². The van der Waals surface area contributed by atoms with E-state index in [1.54, 1.807) is 0 Å². The van der Waals surface area contributed by atoms with E-state index in [4.69, 9.17) is 4.74 Å². The monoisotopic (exact) mass is 308 g/mol. The van der Waals surface area contributed by atoms with Crippen LogP contribution in [0, 0.1) is 17.0 Å². The van der Waals surface area contributed by atoms with Crippen molar-refractivity contribution in [3.8, 4) is 0 Å². The summed E-state index contributed by atoms with van der Waals surface area (Å²) in [6.07, 6.45) is 1.80. The van der Waals surface area contributed by atoms with E-state index in [0.29, 0.717) is 5.56 Å². The van der Waals surface area contributed by atoms with Gasteiger partial charge in [-0.1, -0.05) is 13.3 Å². The van der Waals surface area contributed by atoms with E-state index >= 15 is 0 Å². The van der Waals surface area contributed by atoms with Gasteiger partial charge >= 0.3 is 5.97 Å². The Bertz CT molecular complexity index is 571. The minimum Gasteiger partial charge on any atom is -0.452 e. The predicted molar refractivity (Wildman–Crippen MR) is 80.6 cm³/mol. The first-order chi connectivity index (χ1) is 10.3. The van der Waals surface area contributed by atoms with Crippen LogP contribution in [-0.4, -0.2) is 29.4 Å². The smallest absolute Gasteiger partial charge is 0.338 e. The molecule has 1 N–H and O–H groups in total. The lowest BCUT2D eigenvalue weighted by molar-refractivity contribution is -0.385. The molecule has 0 radical (unpaired) electrons. The average Bonchev–Trinajstić information content (AvgIpc) is 2.44. The number of carbonyl (C=O) groups excluding carboxylic acids is 2. The second-order valence-electron chi connectivity index (χ2n) is 5.09. The van der Waals surface area contributed by atoms with E-state index in [-0.39, 0.29) is 29.8 Å². The maximum absolute atomic E-state index is 11.8. The van der Waals surface area contributed by atoms with Gasteiger partial charge in [-0.05, 0) is 32.4 Å². The molecule has 0 aromatic heterocycles. The molecule has 0 heterocycles. The van der Waals surface area contributed by atoms with Crippen LogP contribution in [-0.2, 0) is 9.53 Å². The predicted octanol–water partition coefficient (Wildman–Crippen LogP) is 2.36. The summed E-state index contributed by atoms with van der Waals surface area (Å²) >= 11 is 0. The summed E-state index contributed by atoms with van der Waals surface area (Å²) in [6.45, 7) is 5.06. The Hall–Kier alpha value is -2.44. The molecule has 1 atom stereocenters. The molecule has 0 fully saturated rings. The summed E-state index contributed by atoms with van der Waals surface area (Å²) in [5.74, 6) is -1.05. The molecule has 120 valence electrons. The number of nitrogens with zero attached hydrogens (tertiary/aromatic N) is 1. The van der Waals surface area contributed by atoms with Gasteiger partial charge in [0, 0.05) is 17.7 Å². The highest BCUT2D eigenvalue weighted by atomic mass is 16.6. The largest absolute Gasteiger partial charge is 0.452 e. The van der Waals surface area contributed by atoms with Crippen LogP contribution >= 0.6 is 0 Å². The fraction of sp³-hybridized carbons (Fsp3) is 0.467. The standard InChI is InChI=1S/C15H20N2O5/c1-4-5-11(3)16-14(18)9-22-15(19)12-6-7-13(17(20)21)10(2)8-12/h6-8,11H,4-5,9H2,1-3H3,(H,16,18). The van der Waals surface area contributed by atoms with Crippen LogP contribution in [0.3, 0.4) is 0 Å². The van der Waals surface area contributed by atoms with E-state index < -0.39 is 10.9 Å². The number of ether oxygens (including phenoxy) is 1. The third kappa shape index (κ3) is 5.16. The van der Waals surface area contributed by atoms with Crippen LogP contribution in [0.15, 0.2) is 18.2 Å². The molecule has 0 bridgehead atoms. The Balaban J connectivity index is 2.57. The number of carbonyl (C=O) groups is 2. The lowest BCUT2D eigenvalue weighted by Crippen LogP contribution is -2.35. The molecule has 7 nitrogen and oxygen atoms in total. The third-order valence-corrected chi connectivity index (χ3v) is 3.09. The highest BCUT2D eigenvalue weighted by molar-refractivity contribution is 5.91. The number of nitro groups is 1. The van der Waals surface area contributed by atoms with Gasteiger partial charge in [-0.25, -0.2) is 4.79 Å². The van der Waals surface area contributed by atoms with Crippen LogP contribution in [0.25, 0.3) is 0 Å². The molecule has 1 amide bonds. The number of amides is 1. The van der Waals surface area contributed by atoms with E-state index in [1.165, 1.54) is 25.1 Å². The number of hydrogen-bond donors (Lipinski definition) is 1. The van der Waals surface area contributed by atoms with Gasteiger partial charge in [-0.2, -0.15) is 0 Å². The lowest BCUT2D eigenvalue weighted by Gasteiger charge is -2.12. The van der Waals surface area contributed by atoms with E-state index in [1.807, 2.05) is 13.8 Å². The zero-order chi connectivity index (χ0) is 16.7. The van der Waals surface area contributed by atoms with E-state index in [2.05, 4.69) is 5.32 Å². The zero-order valence-corrected chi connectivity index (χ0v) is 12.9. The molecule has 22 heavy (non-hydrogen) atoms. The maximum atomic E-state index is 11.8. The third-order valence-electron chi connectivity index (χ3n) is 3.09. The minimum absolute atomic E-state index is 0.0258. The zero-order valence-electron chi connectivity index (χ0n) is 12.9. The van der Waals surface area contributed by atoms with Gasteiger partial charge in [0.1, 0.15) is 0 Å². The first kappa shape index (κ1) is 17.6. The highest BCUT2D eigenvalue weighted by Crippen LogP contribution is 2.19. The molecule has 1 rings (SSSR count). The van der Waals surface area contributed by atoms with E-state index in [0.717, 1.165) is 12.8 Å². The maximum Gasteiger partial charge on any atom is 0.338 e. The van der Waals surface area contributed by atoms with Gasteiger partial charge < -0.3 is 10.1 Å². The van der Waals surface area contributed by atoms with Crippen molar-refractivity contribution >= 4 is 17.6 Å². The average molecular weight is 308 g/mol. The van der Waals surface area contributed by atoms with Crippen molar-refractivity contribution in [1.82, 2.24) is 5.32 Å². The topological polar surface area (TPSA) is 98.5 Å². The molecular formula is C15H20N2O5. The van der Waals surface area contributed by atoms with Gasteiger partial charge in [0.2, 0.25) is 0 Å². The number of rotatable bonds is 7. The van der Waals surface area contributed by atoms with Crippen molar-refractivity contribution in [1.29, 1.82) is 0 Å². The molecular weight excluding hydrogens is 288 g/mol. The summed E-state index contributed by atoms with van der Waals surface area (Å²) in [4.78, 5) is 33.6. The van der Waals surface area contributed by atoms with Crippen molar-refractivity contribution < 1.29 is 19.2 Å². The second-order valence-corrected chi connectivity index (χ2v) is 5.09. The van der Waals surface area contributed by atoms with E-state index in [9.17, 15) is 19.7 Å². The Morgan fingerprint density at radius 3 is 2.64 bits per heavy atom.